The van der Waals surface area contributed by atoms with Gasteiger partial charge < -0.3 is 19.5 Å². The normalized spacial score (nSPS) is 22.8. The second-order valence-corrected chi connectivity index (χ2v) is 8.14. The summed E-state index contributed by atoms with van der Waals surface area (Å²) in [6.45, 7) is 2.13. The maximum Gasteiger partial charge on any atom is 0.270 e. The minimum absolute atomic E-state index is 0.0160. The van der Waals surface area contributed by atoms with Gasteiger partial charge in [-0.25, -0.2) is 0 Å². The van der Waals surface area contributed by atoms with Crippen molar-refractivity contribution in [3.8, 4) is 5.75 Å². The maximum absolute atomic E-state index is 12.8. The van der Waals surface area contributed by atoms with Crippen LogP contribution in [0, 0.1) is 0 Å². The summed E-state index contributed by atoms with van der Waals surface area (Å²) in [4.78, 5) is 29.6. The molecule has 0 radical (unpaired) electrons. The highest BCUT2D eigenvalue weighted by atomic mass is 16.5. The van der Waals surface area contributed by atoms with Crippen LogP contribution in [0.1, 0.15) is 29.8 Å². The van der Waals surface area contributed by atoms with Gasteiger partial charge in [-0.05, 0) is 37.1 Å². The van der Waals surface area contributed by atoms with Crippen molar-refractivity contribution < 1.29 is 14.3 Å². The Kier molecular flexibility index (Phi) is 6.08. The first-order valence-corrected chi connectivity index (χ1v) is 10.7. The van der Waals surface area contributed by atoms with Gasteiger partial charge in [0.1, 0.15) is 17.5 Å². The monoisotopic (exact) mass is 410 g/mol. The number of amides is 2. The first-order valence-electron chi connectivity index (χ1n) is 10.7. The molecule has 30 heavy (non-hydrogen) atoms. The van der Waals surface area contributed by atoms with Crippen molar-refractivity contribution in [2.45, 2.75) is 37.5 Å². The van der Waals surface area contributed by atoms with E-state index in [1.54, 1.807) is 7.05 Å². The maximum atomic E-state index is 12.8. The number of ether oxygens (including phenoxy) is 1. The molecule has 160 valence electrons. The van der Waals surface area contributed by atoms with Crippen LogP contribution in [0.4, 0.5) is 0 Å². The summed E-state index contributed by atoms with van der Waals surface area (Å²) >= 11 is 0. The minimum Gasteiger partial charge on any atom is -0.489 e. The van der Waals surface area contributed by atoms with Gasteiger partial charge in [0.05, 0.1) is 6.04 Å². The van der Waals surface area contributed by atoms with E-state index in [1.165, 1.54) is 0 Å². The molecule has 1 aromatic carbocycles. The van der Waals surface area contributed by atoms with Crippen LogP contribution >= 0.6 is 0 Å². The minimum atomic E-state index is -0.191. The predicted octanol–water partition coefficient (Wildman–Crippen LogP) is 1.90. The molecule has 4 rings (SSSR count). The van der Waals surface area contributed by atoms with E-state index in [-0.39, 0.29) is 30.0 Å². The molecular formula is C23H30N4O3. The molecule has 1 aromatic heterocycles. The zero-order chi connectivity index (χ0) is 21.1. The van der Waals surface area contributed by atoms with Crippen molar-refractivity contribution in [3.63, 3.8) is 0 Å². The zero-order valence-corrected chi connectivity index (χ0v) is 17.7. The summed E-state index contributed by atoms with van der Waals surface area (Å²) in [5, 5.41) is 2.81. The Morgan fingerprint density at radius 1 is 1.07 bits per heavy atom. The summed E-state index contributed by atoms with van der Waals surface area (Å²) < 4.78 is 8.02. The van der Waals surface area contributed by atoms with Gasteiger partial charge in [0, 0.05) is 52.4 Å². The van der Waals surface area contributed by atoms with Crippen molar-refractivity contribution in [1.29, 1.82) is 0 Å². The number of para-hydroxylation sites is 1. The van der Waals surface area contributed by atoms with E-state index in [9.17, 15) is 9.59 Å². The smallest absolute Gasteiger partial charge is 0.270 e. The van der Waals surface area contributed by atoms with E-state index < -0.39 is 0 Å². The number of hydrogen-bond donors (Lipinski definition) is 1. The summed E-state index contributed by atoms with van der Waals surface area (Å²) in [6.07, 6.45) is 4.28. The number of hydrogen-bond acceptors (Lipinski definition) is 4. The Labute approximate surface area is 177 Å². The van der Waals surface area contributed by atoms with Gasteiger partial charge in [0.25, 0.3) is 5.91 Å². The number of nitrogens with one attached hydrogen (secondary N) is 1. The third-order valence-corrected chi connectivity index (χ3v) is 6.28. The van der Waals surface area contributed by atoms with Gasteiger partial charge in [0.2, 0.25) is 5.91 Å². The quantitative estimate of drug-likeness (QED) is 0.818. The molecule has 1 N–H and O–H groups in total. The Morgan fingerprint density at radius 3 is 2.43 bits per heavy atom. The molecule has 2 amide bonds. The van der Waals surface area contributed by atoms with Crippen molar-refractivity contribution in [1.82, 2.24) is 19.7 Å². The van der Waals surface area contributed by atoms with Gasteiger partial charge >= 0.3 is 0 Å². The molecule has 0 unspecified atom stereocenters. The molecule has 2 aliphatic heterocycles. The number of nitrogens with zero attached hydrogens (tertiary/aromatic N) is 3. The van der Waals surface area contributed by atoms with Gasteiger partial charge in [-0.15, -0.1) is 0 Å². The lowest BCUT2D eigenvalue weighted by Crippen LogP contribution is -2.52. The Hall–Kier alpha value is -2.80. The molecule has 3 heterocycles. The van der Waals surface area contributed by atoms with E-state index in [0.29, 0.717) is 25.2 Å². The molecule has 7 heteroatoms. The van der Waals surface area contributed by atoms with Gasteiger partial charge in [-0.2, -0.15) is 0 Å². The zero-order valence-electron chi connectivity index (χ0n) is 17.7. The van der Waals surface area contributed by atoms with E-state index >= 15 is 0 Å². The number of carbonyl (C=O) groups is 2. The standard InChI is InChI=1S/C23H30N4O3/c1-24-22(28)21-15-19(30-18-7-4-3-5-8-18)16-27(21)17-10-13-26(14-11-17)23(29)20-9-6-12-25(20)2/h3-9,12,17,19,21H,10-11,13-16H2,1-2H3,(H,24,28)/t19-,21-/m0/s1. The number of likely N-dealkylation sites (tertiary alicyclic amines) is 2. The van der Waals surface area contributed by atoms with Crippen LogP contribution < -0.4 is 10.1 Å². The molecule has 2 fully saturated rings. The fraction of sp³-hybridized carbons (Fsp3) is 0.478. The Morgan fingerprint density at radius 2 is 1.80 bits per heavy atom. The number of carbonyl (C=O) groups excluding carboxylic acids is 2. The van der Waals surface area contributed by atoms with Crippen LogP contribution in [0.3, 0.4) is 0 Å². The number of aryl methyl sites for hydroxylation is 1. The van der Waals surface area contributed by atoms with Crippen LogP contribution in [0.5, 0.6) is 5.75 Å². The van der Waals surface area contributed by atoms with Gasteiger partial charge in [-0.1, -0.05) is 18.2 Å². The van der Waals surface area contributed by atoms with Crippen molar-refractivity contribution in [2.75, 3.05) is 26.7 Å². The molecule has 2 aromatic rings. The molecule has 0 saturated carbocycles. The molecule has 0 bridgehead atoms. The van der Waals surface area contributed by atoms with Gasteiger partial charge in [0.15, 0.2) is 0 Å². The molecule has 2 aliphatic rings. The van der Waals surface area contributed by atoms with Crippen LogP contribution in [-0.2, 0) is 11.8 Å². The first kappa shape index (κ1) is 20.5. The molecule has 0 spiro atoms. The largest absolute Gasteiger partial charge is 0.489 e. The molecule has 0 aliphatic carbocycles. The summed E-state index contributed by atoms with van der Waals surface area (Å²) in [5.41, 5.74) is 0.717. The molecule has 2 atom stereocenters. The summed E-state index contributed by atoms with van der Waals surface area (Å²) in [7, 11) is 3.58. The molecule has 7 nitrogen and oxygen atoms in total. The van der Waals surface area contributed by atoms with E-state index in [2.05, 4.69) is 10.2 Å². The van der Waals surface area contributed by atoms with Crippen LogP contribution in [0.25, 0.3) is 0 Å². The van der Waals surface area contributed by atoms with E-state index in [0.717, 1.165) is 25.1 Å². The average Bonchev–Trinajstić information content (AvgIpc) is 3.40. The van der Waals surface area contributed by atoms with Gasteiger partial charge in [-0.3, -0.25) is 14.5 Å². The Balaban J connectivity index is 1.40. The highest BCUT2D eigenvalue weighted by Crippen LogP contribution is 2.29. The van der Waals surface area contributed by atoms with E-state index in [1.807, 2.05) is 65.2 Å². The van der Waals surface area contributed by atoms with Crippen LogP contribution in [0.2, 0.25) is 0 Å². The van der Waals surface area contributed by atoms with Crippen LogP contribution in [-0.4, -0.2) is 71.1 Å². The topological polar surface area (TPSA) is 66.8 Å². The third-order valence-electron chi connectivity index (χ3n) is 6.28. The number of rotatable bonds is 5. The van der Waals surface area contributed by atoms with Crippen molar-refractivity contribution >= 4 is 11.8 Å². The lowest BCUT2D eigenvalue weighted by Gasteiger charge is -2.38. The SMILES string of the molecule is CNC(=O)[C@@H]1C[C@H](Oc2ccccc2)CN1C1CCN(C(=O)c2cccn2C)CC1. The average molecular weight is 411 g/mol. The molecule has 2 saturated heterocycles. The fourth-order valence-electron chi connectivity index (χ4n) is 4.67. The second-order valence-electron chi connectivity index (χ2n) is 8.14. The summed E-state index contributed by atoms with van der Waals surface area (Å²) in [5.74, 6) is 0.954. The van der Waals surface area contributed by atoms with Crippen molar-refractivity contribution in [2.24, 2.45) is 7.05 Å². The molecular weight excluding hydrogens is 380 g/mol. The van der Waals surface area contributed by atoms with Crippen molar-refractivity contribution in [3.05, 3.63) is 54.4 Å². The fourth-order valence-corrected chi connectivity index (χ4v) is 4.67. The van der Waals surface area contributed by atoms with E-state index in [4.69, 9.17) is 4.74 Å². The lowest BCUT2D eigenvalue weighted by atomic mass is 10.0. The third kappa shape index (κ3) is 4.21. The second kappa shape index (κ2) is 8.92. The van der Waals surface area contributed by atoms with Crippen LogP contribution in [0.15, 0.2) is 48.7 Å². The first-order chi connectivity index (χ1) is 14.6. The highest BCUT2D eigenvalue weighted by molar-refractivity contribution is 5.92. The summed E-state index contributed by atoms with van der Waals surface area (Å²) in [6, 6.07) is 13.6. The highest BCUT2D eigenvalue weighted by Gasteiger charge is 2.42. The number of aromatic nitrogens is 1. The predicted molar refractivity (Wildman–Crippen MR) is 114 cm³/mol. The Bertz CT molecular complexity index is 874. The number of likely N-dealkylation sites (N-methyl/N-ethyl adjacent to an activating group) is 1. The number of piperidine rings is 1. The lowest BCUT2D eigenvalue weighted by molar-refractivity contribution is -0.126. The number of benzene rings is 1.